The fourth-order valence-electron chi connectivity index (χ4n) is 1.26. The van der Waals surface area contributed by atoms with E-state index in [1.54, 1.807) is 6.20 Å². The van der Waals surface area contributed by atoms with Gasteiger partial charge in [-0.25, -0.2) is 9.97 Å². The third-order valence-electron chi connectivity index (χ3n) is 2.05. The highest BCUT2D eigenvalue weighted by atomic mass is 15.2. The molecule has 6 nitrogen and oxygen atoms in total. The van der Waals surface area contributed by atoms with Gasteiger partial charge in [0.05, 0.1) is 11.7 Å². The van der Waals surface area contributed by atoms with E-state index in [1.165, 1.54) is 6.33 Å². The summed E-state index contributed by atoms with van der Waals surface area (Å²) in [5.74, 6) is 1.24. The highest BCUT2D eigenvalue weighted by Crippen LogP contribution is 2.19. The van der Waals surface area contributed by atoms with Crippen LogP contribution in [0.2, 0.25) is 0 Å². The van der Waals surface area contributed by atoms with Gasteiger partial charge in [-0.2, -0.15) is 5.10 Å². The smallest absolute Gasteiger partial charge is 0.146 e. The van der Waals surface area contributed by atoms with E-state index in [-0.39, 0.29) is 6.04 Å². The molecular weight excluding hydrogens is 192 g/mol. The Balaban J connectivity index is 2.13. The molecule has 0 bridgehead atoms. The van der Waals surface area contributed by atoms with E-state index >= 15 is 0 Å². The summed E-state index contributed by atoms with van der Waals surface area (Å²) in [5.41, 5.74) is 6.50. The lowest BCUT2D eigenvalue weighted by molar-refractivity contribution is 0.795. The zero-order chi connectivity index (χ0) is 10.7. The van der Waals surface area contributed by atoms with E-state index in [0.717, 1.165) is 11.5 Å². The molecule has 0 amide bonds. The average Bonchev–Trinajstić information content (AvgIpc) is 2.74. The van der Waals surface area contributed by atoms with Crippen LogP contribution in [-0.2, 0) is 0 Å². The van der Waals surface area contributed by atoms with E-state index in [1.807, 2.05) is 19.1 Å². The second-order valence-corrected chi connectivity index (χ2v) is 3.17. The van der Waals surface area contributed by atoms with Gasteiger partial charge in [-0.3, -0.25) is 5.10 Å². The molecule has 0 fully saturated rings. The maximum atomic E-state index is 5.70. The van der Waals surface area contributed by atoms with Gasteiger partial charge in [-0.1, -0.05) is 0 Å². The van der Waals surface area contributed by atoms with Crippen LogP contribution in [0, 0.1) is 0 Å². The maximum Gasteiger partial charge on any atom is 0.146 e. The van der Waals surface area contributed by atoms with Crippen LogP contribution in [0.3, 0.4) is 0 Å². The van der Waals surface area contributed by atoms with Crippen molar-refractivity contribution in [2.24, 2.45) is 0 Å². The predicted molar refractivity (Wildman–Crippen MR) is 57.1 cm³/mol. The van der Waals surface area contributed by atoms with Gasteiger partial charge in [0.15, 0.2) is 0 Å². The first-order valence-corrected chi connectivity index (χ1v) is 4.59. The van der Waals surface area contributed by atoms with E-state index < -0.39 is 0 Å². The van der Waals surface area contributed by atoms with Crippen LogP contribution in [0.4, 0.5) is 11.5 Å². The Bertz CT molecular complexity index is 424. The minimum Gasteiger partial charge on any atom is -0.382 e. The van der Waals surface area contributed by atoms with Crippen LogP contribution in [-0.4, -0.2) is 20.2 Å². The molecule has 6 heteroatoms. The summed E-state index contributed by atoms with van der Waals surface area (Å²) in [5, 5.41) is 9.77. The SMILES string of the molecule is CC(Nc1cccnc1N)c1ncn[nH]1. The van der Waals surface area contributed by atoms with Gasteiger partial charge in [-0.15, -0.1) is 0 Å². The molecule has 0 aliphatic carbocycles. The second kappa shape index (κ2) is 3.95. The molecule has 0 aliphatic rings. The summed E-state index contributed by atoms with van der Waals surface area (Å²) >= 11 is 0. The molecule has 0 aliphatic heterocycles. The Morgan fingerprint density at radius 1 is 1.47 bits per heavy atom. The van der Waals surface area contributed by atoms with Gasteiger partial charge < -0.3 is 11.1 Å². The number of aromatic nitrogens is 4. The Morgan fingerprint density at radius 3 is 3.00 bits per heavy atom. The first-order chi connectivity index (χ1) is 7.27. The zero-order valence-corrected chi connectivity index (χ0v) is 8.31. The Morgan fingerprint density at radius 2 is 2.33 bits per heavy atom. The minimum absolute atomic E-state index is 0.0130. The van der Waals surface area contributed by atoms with Crippen LogP contribution < -0.4 is 11.1 Å². The average molecular weight is 204 g/mol. The molecule has 0 radical (unpaired) electrons. The maximum absolute atomic E-state index is 5.70. The van der Waals surface area contributed by atoms with Crippen LogP contribution >= 0.6 is 0 Å². The molecule has 2 aromatic rings. The normalized spacial score (nSPS) is 12.3. The van der Waals surface area contributed by atoms with Crippen molar-refractivity contribution in [1.82, 2.24) is 20.2 Å². The van der Waals surface area contributed by atoms with Gasteiger partial charge in [-0.05, 0) is 19.1 Å². The van der Waals surface area contributed by atoms with Crippen LogP contribution in [0.1, 0.15) is 18.8 Å². The predicted octanol–water partition coefficient (Wildman–Crippen LogP) is 0.955. The number of H-pyrrole nitrogens is 1. The van der Waals surface area contributed by atoms with Crippen molar-refractivity contribution in [3.63, 3.8) is 0 Å². The number of nitrogens with two attached hydrogens (primary N) is 1. The second-order valence-electron chi connectivity index (χ2n) is 3.17. The number of nitrogens with one attached hydrogen (secondary N) is 2. The molecule has 4 N–H and O–H groups in total. The number of hydrogen-bond acceptors (Lipinski definition) is 5. The molecule has 2 heterocycles. The number of nitrogen functional groups attached to an aromatic ring is 1. The van der Waals surface area contributed by atoms with Crippen molar-refractivity contribution >= 4 is 11.5 Å². The monoisotopic (exact) mass is 204 g/mol. The molecule has 78 valence electrons. The highest BCUT2D eigenvalue weighted by molar-refractivity contribution is 5.61. The molecule has 1 atom stereocenters. The summed E-state index contributed by atoms with van der Waals surface area (Å²) in [6, 6.07) is 3.71. The van der Waals surface area contributed by atoms with E-state index in [0.29, 0.717) is 5.82 Å². The number of pyridine rings is 1. The van der Waals surface area contributed by atoms with Crippen molar-refractivity contribution < 1.29 is 0 Å². The topological polar surface area (TPSA) is 92.5 Å². The fourth-order valence-corrected chi connectivity index (χ4v) is 1.26. The standard InChI is InChI=1S/C9H12N6/c1-6(9-12-5-13-15-9)14-7-3-2-4-11-8(7)10/h2-6,14H,1H3,(H2,10,11)(H,12,13,15). The van der Waals surface area contributed by atoms with Crippen LogP contribution in [0.5, 0.6) is 0 Å². The van der Waals surface area contributed by atoms with Crippen molar-refractivity contribution in [2.75, 3.05) is 11.1 Å². The third kappa shape index (κ3) is 2.04. The highest BCUT2D eigenvalue weighted by Gasteiger charge is 2.09. The lowest BCUT2D eigenvalue weighted by atomic mass is 10.3. The fraction of sp³-hybridized carbons (Fsp3) is 0.222. The molecule has 0 spiro atoms. The first kappa shape index (κ1) is 9.45. The summed E-state index contributed by atoms with van der Waals surface area (Å²) in [7, 11) is 0. The van der Waals surface area contributed by atoms with Crippen molar-refractivity contribution in [2.45, 2.75) is 13.0 Å². The van der Waals surface area contributed by atoms with Crippen molar-refractivity contribution in [3.05, 3.63) is 30.5 Å². The third-order valence-corrected chi connectivity index (χ3v) is 2.05. The van der Waals surface area contributed by atoms with Gasteiger partial charge >= 0.3 is 0 Å². The van der Waals surface area contributed by atoms with E-state index in [2.05, 4.69) is 25.5 Å². The molecule has 2 aromatic heterocycles. The Kier molecular flexibility index (Phi) is 2.49. The van der Waals surface area contributed by atoms with Gasteiger partial charge in [0.2, 0.25) is 0 Å². The molecular formula is C9H12N6. The van der Waals surface area contributed by atoms with Crippen molar-refractivity contribution in [1.29, 1.82) is 0 Å². The largest absolute Gasteiger partial charge is 0.382 e. The molecule has 0 saturated heterocycles. The molecule has 0 saturated carbocycles. The van der Waals surface area contributed by atoms with Crippen LogP contribution in [0.15, 0.2) is 24.7 Å². The number of rotatable bonds is 3. The summed E-state index contributed by atoms with van der Waals surface area (Å²) < 4.78 is 0. The van der Waals surface area contributed by atoms with Gasteiger partial charge in [0, 0.05) is 6.20 Å². The minimum atomic E-state index is 0.0130. The number of hydrogen-bond donors (Lipinski definition) is 3. The molecule has 0 aromatic carbocycles. The number of aromatic amines is 1. The molecule has 2 rings (SSSR count). The zero-order valence-electron chi connectivity index (χ0n) is 8.31. The summed E-state index contributed by atoms with van der Waals surface area (Å²) in [4.78, 5) is 8.03. The summed E-state index contributed by atoms with van der Waals surface area (Å²) in [6.07, 6.45) is 3.12. The van der Waals surface area contributed by atoms with E-state index in [9.17, 15) is 0 Å². The lowest BCUT2D eigenvalue weighted by Gasteiger charge is -2.13. The first-order valence-electron chi connectivity index (χ1n) is 4.59. The number of nitrogens with zero attached hydrogens (tertiary/aromatic N) is 3. The van der Waals surface area contributed by atoms with E-state index in [4.69, 9.17) is 5.73 Å². The number of anilines is 2. The van der Waals surface area contributed by atoms with Crippen LogP contribution in [0.25, 0.3) is 0 Å². The summed E-state index contributed by atoms with van der Waals surface area (Å²) in [6.45, 7) is 1.97. The lowest BCUT2D eigenvalue weighted by Crippen LogP contribution is -2.10. The van der Waals surface area contributed by atoms with Crippen molar-refractivity contribution in [3.8, 4) is 0 Å². The Labute approximate surface area is 86.9 Å². The van der Waals surface area contributed by atoms with Gasteiger partial charge in [0.25, 0.3) is 0 Å². The quantitative estimate of drug-likeness (QED) is 0.692. The van der Waals surface area contributed by atoms with Gasteiger partial charge in [0.1, 0.15) is 18.0 Å². The Hall–Kier alpha value is -2.11. The molecule has 1 unspecified atom stereocenters. The molecule has 15 heavy (non-hydrogen) atoms.